The molecule has 150 valence electrons. The summed E-state index contributed by atoms with van der Waals surface area (Å²) >= 11 is 0. The zero-order chi connectivity index (χ0) is 21.1. The van der Waals surface area contributed by atoms with E-state index >= 15 is 0 Å². The van der Waals surface area contributed by atoms with Gasteiger partial charge in [0.2, 0.25) is 5.91 Å². The number of hydrogen-bond acceptors (Lipinski definition) is 4. The summed E-state index contributed by atoms with van der Waals surface area (Å²) in [6.07, 6.45) is 0. The first-order valence-electron chi connectivity index (χ1n) is 9.57. The minimum Gasteiger partial charge on any atom is -0.339 e. The SMILES string of the molecule is CC(=O)Nc1ccc(C2=C(N(C)c3ccccc3)C(=O)N(CC(C)C)C2=O)cc1. The molecule has 1 heterocycles. The second-order valence-electron chi connectivity index (χ2n) is 7.49. The van der Waals surface area contributed by atoms with Gasteiger partial charge >= 0.3 is 0 Å². The lowest BCUT2D eigenvalue weighted by Crippen LogP contribution is -2.36. The van der Waals surface area contributed by atoms with Crippen molar-refractivity contribution in [1.82, 2.24) is 4.90 Å². The van der Waals surface area contributed by atoms with Crippen molar-refractivity contribution < 1.29 is 14.4 Å². The van der Waals surface area contributed by atoms with E-state index in [2.05, 4.69) is 5.32 Å². The lowest BCUT2D eigenvalue weighted by Gasteiger charge is -2.22. The molecule has 3 amide bonds. The molecule has 2 aromatic carbocycles. The third kappa shape index (κ3) is 4.21. The summed E-state index contributed by atoms with van der Waals surface area (Å²) in [4.78, 5) is 40.8. The smallest absolute Gasteiger partial charge is 0.278 e. The highest BCUT2D eigenvalue weighted by Gasteiger charge is 2.41. The van der Waals surface area contributed by atoms with Crippen molar-refractivity contribution in [2.45, 2.75) is 20.8 Å². The molecule has 0 aliphatic carbocycles. The molecule has 0 fully saturated rings. The molecule has 29 heavy (non-hydrogen) atoms. The number of likely N-dealkylation sites (N-methyl/N-ethyl adjacent to an activating group) is 1. The van der Waals surface area contributed by atoms with Crippen LogP contribution in [0, 0.1) is 5.92 Å². The van der Waals surface area contributed by atoms with Crippen molar-refractivity contribution in [3.63, 3.8) is 0 Å². The van der Waals surface area contributed by atoms with Gasteiger partial charge in [-0.3, -0.25) is 19.3 Å². The molecule has 0 saturated heterocycles. The minimum absolute atomic E-state index is 0.160. The van der Waals surface area contributed by atoms with E-state index in [-0.39, 0.29) is 23.6 Å². The van der Waals surface area contributed by atoms with Gasteiger partial charge in [0, 0.05) is 31.9 Å². The van der Waals surface area contributed by atoms with Crippen molar-refractivity contribution in [3.05, 3.63) is 65.9 Å². The van der Waals surface area contributed by atoms with Crippen LogP contribution in [0.15, 0.2) is 60.3 Å². The van der Waals surface area contributed by atoms with Gasteiger partial charge in [0.1, 0.15) is 5.70 Å². The first-order valence-corrected chi connectivity index (χ1v) is 9.57. The standard InChI is InChI=1S/C23H25N3O3/c1-15(2)14-26-22(28)20(17-10-12-18(13-11-17)24-16(3)27)21(23(26)29)25(4)19-8-6-5-7-9-19/h5-13,15H,14H2,1-4H3,(H,24,27). The molecule has 1 aliphatic heterocycles. The number of carbonyl (C=O) groups is 3. The highest BCUT2D eigenvalue weighted by molar-refractivity contribution is 6.36. The van der Waals surface area contributed by atoms with Crippen molar-refractivity contribution in [2.75, 3.05) is 23.8 Å². The average molecular weight is 391 g/mol. The first-order chi connectivity index (χ1) is 13.8. The second-order valence-corrected chi connectivity index (χ2v) is 7.49. The number of nitrogens with one attached hydrogen (secondary N) is 1. The summed E-state index contributed by atoms with van der Waals surface area (Å²) in [7, 11) is 1.79. The fourth-order valence-corrected chi connectivity index (χ4v) is 3.37. The molecule has 3 rings (SSSR count). The van der Waals surface area contributed by atoms with Gasteiger partial charge in [0.15, 0.2) is 0 Å². The van der Waals surface area contributed by atoms with E-state index in [1.54, 1.807) is 36.2 Å². The zero-order valence-corrected chi connectivity index (χ0v) is 17.1. The molecule has 0 saturated carbocycles. The van der Waals surface area contributed by atoms with Crippen LogP contribution in [0.1, 0.15) is 26.3 Å². The molecule has 0 radical (unpaired) electrons. The summed E-state index contributed by atoms with van der Waals surface area (Å²) in [5.41, 5.74) is 2.82. The van der Waals surface area contributed by atoms with Gasteiger partial charge in [-0.25, -0.2) is 0 Å². The Hall–Kier alpha value is -3.41. The Labute approximate surface area is 170 Å². The number of nitrogens with zero attached hydrogens (tertiary/aromatic N) is 2. The Morgan fingerprint density at radius 2 is 1.62 bits per heavy atom. The second kappa shape index (κ2) is 8.31. The van der Waals surface area contributed by atoms with Gasteiger partial charge in [-0.2, -0.15) is 0 Å². The number of benzene rings is 2. The van der Waals surface area contributed by atoms with Gasteiger partial charge < -0.3 is 10.2 Å². The fourth-order valence-electron chi connectivity index (χ4n) is 3.37. The predicted octanol–water partition coefficient (Wildman–Crippen LogP) is 3.52. The molecule has 0 atom stereocenters. The molecule has 0 unspecified atom stereocenters. The number of imide groups is 1. The molecular weight excluding hydrogens is 366 g/mol. The summed E-state index contributed by atoms with van der Waals surface area (Å²) < 4.78 is 0. The van der Waals surface area contributed by atoms with Crippen LogP contribution in [0.4, 0.5) is 11.4 Å². The van der Waals surface area contributed by atoms with Crippen LogP contribution in [-0.2, 0) is 14.4 Å². The molecule has 0 bridgehead atoms. The van der Waals surface area contributed by atoms with E-state index in [0.717, 1.165) is 5.69 Å². The molecule has 6 nitrogen and oxygen atoms in total. The van der Waals surface area contributed by atoms with Crippen molar-refractivity contribution in [2.24, 2.45) is 5.92 Å². The Bertz CT molecular complexity index is 963. The minimum atomic E-state index is -0.297. The molecule has 1 N–H and O–H groups in total. The first kappa shape index (κ1) is 20.3. The van der Waals surface area contributed by atoms with Gasteiger partial charge in [-0.05, 0) is 35.7 Å². The van der Waals surface area contributed by atoms with Gasteiger partial charge in [-0.15, -0.1) is 0 Å². The van der Waals surface area contributed by atoms with E-state index in [9.17, 15) is 14.4 Å². The Kier molecular flexibility index (Phi) is 5.82. The van der Waals surface area contributed by atoms with Gasteiger partial charge in [-0.1, -0.05) is 44.2 Å². The van der Waals surface area contributed by atoms with Crippen LogP contribution in [0.5, 0.6) is 0 Å². The number of hydrogen-bond donors (Lipinski definition) is 1. The van der Waals surface area contributed by atoms with Crippen LogP contribution in [-0.4, -0.2) is 36.2 Å². The maximum atomic E-state index is 13.2. The third-order valence-electron chi connectivity index (χ3n) is 4.66. The van der Waals surface area contributed by atoms with E-state index < -0.39 is 0 Å². The average Bonchev–Trinajstić information content (AvgIpc) is 2.92. The molecule has 0 spiro atoms. The number of rotatable bonds is 6. The van der Waals surface area contributed by atoms with Crippen molar-refractivity contribution >= 4 is 34.7 Å². The van der Waals surface area contributed by atoms with E-state index in [1.165, 1.54) is 11.8 Å². The zero-order valence-electron chi connectivity index (χ0n) is 17.1. The molecule has 1 aliphatic rings. The number of carbonyl (C=O) groups excluding carboxylic acids is 3. The lowest BCUT2D eigenvalue weighted by atomic mass is 10.0. The Balaban J connectivity index is 2.08. The summed E-state index contributed by atoms with van der Waals surface area (Å²) in [6.45, 7) is 5.74. The Morgan fingerprint density at radius 3 is 2.17 bits per heavy atom. The summed E-state index contributed by atoms with van der Waals surface area (Å²) in [5.74, 6) is -0.603. The summed E-state index contributed by atoms with van der Waals surface area (Å²) in [6, 6.07) is 16.4. The highest BCUT2D eigenvalue weighted by atomic mass is 16.2. The number of para-hydroxylation sites is 1. The monoisotopic (exact) mass is 391 g/mol. The van der Waals surface area contributed by atoms with Crippen LogP contribution in [0.2, 0.25) is 0 Å². The van der Waals surface area contributed by atoms with Crippen LogP contribution in [0.25, 0.3) is 5.57 Å². The Morgan fingerprint density at radius 1 is 1.00 bits per heavy atom. The molecule has 6 heteroatoms. The predicted molar refractivity (Wildman–Crippen MR) is 114 cm³/mol. The number of anilines is 2. The lowest BCUT2D eigenvalue weighted by molar-refractivity contribution is -0.137. The number of amides is 3. The van der Waals surface area contributed by atoms with E-state index in [0.29, 0.717) is 29.1 Å². The van der Waals surface area contributed by atoms with Crippen LogP contribution < -0.4 is 10.2 Å². The van der Waals surface area contributed by atoms with Crippen LogP contribution >= 0.6 is 0 Å². The van der Waals surface area contributed by atoms with Crippen molar-refractivity contribution in [3.8, 4) is 0 Å². The molecular formula is C23H25N3O3. The summed E-state index contributed by atoms with van der Waals surface area (Å²) in [5, 5.41) is 2.71. The van der Waals surface area contributed by atoms with Gasteiger partial charge in [0.05, 0.1) is 5.57 Å². The quantitative estimate of drug-likeness (QED) is 0.765. The molecule has 2 aromatic rings. The largest absolute Gasteiger partial charge is 0.339 e. The maximum Gasteiger partial charge on any atom is 0.278 e. The van der Waals surface area contributed by atoms with Crippen molar-refractivity contribution in [1.29, 1.82) is 0 Å². The van der Waals surface area contributed by atoms with Crippen LogP contribution in [0.3, 0.4) is 0 Å². The topological polar surface area (TPSA) is 69.7 Å². The highest BCUT2D eigenvalue weighted by Crippen LogP contribution is 2.34. The van der Waals surface area contributed by atoms with E-state index in [1.807, 2.05) is 44.2 Å². The molecule has 0 aromatic heterocycles. The fraction of sp³-hybridized carbons (Fsp3) is 0.261. The van der Waals surface area contributed by atoms with Gasteiger partial charge in [0.25, 0.3) is 11.8 Å². The normalized spacial score (nSPS) is 14.0. The van der Waals surface area contributed by atoms with E-state index in [4.69, 9.17) is 0 Å². The third-order valence-corrected chi connectivity index (χ3v) is 4.66. The maximum absolute atomic E-state index is 13.2.